The molecule has 5 aliphatic rings. The van der Waals surface area contributed by atoms with Crippen molar-refractivity contribution in [1.82, 2.24) is 0 Å². The maximum Gasteiger partial charge on any atom is 0.397 e. The van der Waals surface area contributed by atoms with Crippen molar-refractivity contribution >= 4 is 10.4 Å². The molecule has 13 heteroatoms. The fraction of sp³-hybridized carbons (Fsp3) is 0.944. The lowest BCUT2D eigenvalue weighted by molar-refractivity contribution is -0.337. The largest absolute Gasteiger partial charge is 0.397 e. The zero-order valence-corrected chi connectivity index (χ0v) is 31.3. The van der Waals surface area contributed by atoms with Crippen molar-refractivity contribution < 1.29 is 57.3 Å². The van der Waals surface area contributed by atoms with E-state index < -0.39 is 93.3 Å². The highest BCUT2D eigenvalue weighted by atomic mass is 32.3. The maximum absolute atomic E-state index is 12.4. The van der Waals surface area contributed by atoms with Crippen LogP contribution in [0.15, 0.2) is 11.6 Å². The van der Waals surface area contributed by atoms with Crippen LogP contribution in [0.5, 0.6) is 0 Å². The van der Waals surface area contributed by atoms with Gasteiger partial charge in [0.15, 0.2) is 6.29 Å². The average molecular weight is 719 g/mol. The number of allylic oxidation sites excluding steroid dienone is 2. The van der Waals surface area contributed by atoms with Gasteiger partial charge in [0.2, 0.25) is 0 Å². The van der Waals surface area contributed by atoms with Gasteiger partial charge in [0.05, 0.1) is 30.5 Å². The predicted octanol–water partition coefficient (Wildman–Crippen LogP) is 3.12. The highest BCUT2D eigenvalue weighted by Crippen LogP contribution is 2.76. The molecule has 4 aliphatic carbocycles. The minimum atomic E-state index is -4.83. The monoisotopic (exact) mass is 718 g/mol. The van der Waals surface area contributed by atoms with E-state index in [0.29, 0.717) is 51.4 Å². The van der Waals surface area contributed by atoms with E-state index >= 15 is 0 Å². The lowest BCUT2D eigenvalue weighted by Crippen LogP contribution is -2.70. The minimum Gasteiger partial charge on any atom is -0.394 e. The third-order valence-electron chi connectivity index (χ3n) is 14.6. The standard InChI is InChI=1S/C36H62O12S/c1-19(2)10-9-13-36(8,42)20-11-15-34(6)26(20)22(48-49(43,44)45)16-24-33(5)14-12-25(32(3,4)30(33)21(38)17-35(24,34)7)47-31-29(41)28(40)27(39)23(18-37)46-31/h10,20-31,37-42H,9,11-18H2,1-8H3,(H,43,44,45)/t20?,21-,22+,23+,24?,25-,26?,27+,28-,29+,30?,31-,33+,34+,35+,36-/m0/s1. The summed E-state index contributed by atoms with van der Waals surface area (Å²) in [6.45, 7) is 15.8. The van der Waals surface area contributed by atoms with Crippen LogP contribution in [0.2, 0.25) is 0 Å². The third kappa shape index (κ3) is 6.59. The van der Waals surface area contributed by atoms with Crippen molar-refractivity contribution in [1.29, 1.82) is 0 Å². The molecular weight excluding hydrogens is 656 g/mol. The maximum atomic E-state index is 12.4. The van der Waals surface area contributed by atoms with E-state index in [0.717, 1.165) is 5.57 Å². The van der Waals surface area contributed by atoms with Crippen LogP contribution in [0.1, 0.15) is 107 Å². The van der Waals surface area contributed by atoms with Crippen molar-refractivity contribution in [2.75, 3.05) is 6.61 Å². The van der Waals surface area contributed by atoms with E-state index in [9.17, 15) is 43.6 Å². The summed E-state index contributed by atoms with van der Waals surface area (Å²) in [6, 6.07) is 0. The first-order valence-electron chi connectivity index (χ1n) is 18.1. The topological polar surface area (TPSA) is 203 Å². The Morgan fingerprint density at radius 1 is 0.980 bits per heavy atom. The molecular formula is C36H62O12S. The van der Waals surface area contributed by atoms with Crippen LogP contribution in [-0.4, -0.2) is 105 Å². The summed E-state index contributed by atoms with van der Waals surface area (Å²) in [4.78, 5) is 0. The molecule has 16 atom stereocenters. The molecule has 0 radical (unpaired) electrons. The molecule has 0 aromatic carbocycles. The Bertz CT molecular complexity index is 1340. The van der Waals surface area contributed by atoms with E-state index in [-0.39, 0.29) is 23.7 Å². The van der Waals surface area contributed by atoms with E-state index in [1.807, 2.05) is 34.6 Å². The van der Waals surface area contributed by atoms with Crippen LogP contribution < -0.4 is 0 Å². The SMILES string of the molecule is CC(C)=CCC[C@](C)(O)C1CC[C@]2(C)C1[C@H](OS(=O)(=O)O)CC1[C@@]3(C)CC[C@H](O[C@@H]4O[C@H](CO)[C@@H](O)[C@H](O)[C@H]4O)C(C)(C)C3[C@@H](O)C[C@]12C. The lowest BCUT2D eigenvalue weighted by atomic mass is 9.34. The van der Waals surface area contributed by atoms with Gasteiger partial charge in [-0.25, -0.2) is 4.18 Å². The molecule has 0 bridgehead atoms. The summed E-state index contributed by atoms with van der Waals surface area (Å²) >= 11 is 0. The van der Waals surface area contributed by atoms with Gasteiger partial charge in [-0.1, -0.05) is 46.3 Å². The fourth-order valence-corrected chi connectivity index (χ4v) is 12.8. The van der Waals surface area contributed by atoms with E-state index in [2.05, 4.69) is 26.8 Å². The molecule has 0 amide bonds. The molecule has 4 unspecified atom stereocenters. The van der Waals surface area contributed by atoms with Gasteiger partial charge in [-0.05, 0) is 117 Å². The molecule has 1 heterocycles. The minimum absolute atomic E-state index is 0.122. The van der Waals surface area contributed by atoms with Gasteiger partial charge in [0.25, 0.3) is 0 Å². The fourth-order valence-electron chi connectivity index (χ4n) is 12.3. The zero-order valence-electron chi connectivity index (χ0n) is 30.4. The first-order chi connectivity index (χ1) is 22.4. The number of rotatable bonds is 9. The summed E-state index contributed by atoms with van der Waals surface area (Å²) in [7, 11) is -4.83. The number of hydrogen-bond acceptors (Lipinski definition) is 11. The van der Waals surface area contributed by atoms with Gasteiger partial charge < -0.3 is 40.1 Å². The molecule has 0 aromatic heterocycles. The Morgan fingerprint density at radius 2 is 1.63 bits per heavy atom. The number of aliphatic hydroxyl groups is 6. The number of ether oxygens (including phenoxy) is 2. The first-order valence-corrected chi connectivity index (χ1v) is 19.5. The van der Waals surface area contributed by atoms with E-state index in [4.69, 9.17) is 13.7 Å². The van der Waals surface area contributed by atoms with Gasteiger partial charge in [-0.3, -0.25) is 4.55 Å². The van der Waals surface area contributed by atoms with Crippen LogP contribution in [-0.2, 0) is 24.1 Å². The number of fused-ring (bicyclic) bond motifs is 5. The molecule has 7 N–H and O–H groups in total. The van der Waals surface area contributed by atoms with Crippen molar-refractivity contribution in [3.63, 3.8) is 0 Å². The average Bonchev–Trinajstić information content (AvgIpc) is 3.35. The highest BCUT2D eigenvalue weighted by molar-refractivity contribution is 7.80. The third-order valence-corrected chi connectivity index (χ3v) is 15.1. The second-order valence-electron chi connectivity index (χ2n) is 18.0. The summed E-state index contributed by atoms with van der Waals surface area (Å²) in [6.07, 6.45) is -2.75. The highest BCUT2D eigenvalue weighted by Gasteiger charge is 2.74. The van der Waals surface area contributed by atoms with Gasteiger partial charge in [0.1, 0.15) is 24.4 Å². The Morgan fingerprint density at radius 3 is 2.22 bits per heavy atom. The molecule has 1 saturated heterocycles. The van der Waals surface area contributed by atoms with Crippen molar-refractivity contribution in [3.05, 3.63) is 11.6 Å². The van der Waals surface area contributed by atoms with E-state index in [1.54, 1.807) is 0 Å². The van der Waals surface area contributed by atoms with Gasteiger partial charge >= 0.3 is 10.4 Å². The van der Waals surface area contributed by atoms with Crippen LogP contribution in [0.4, 0.5) is 0 Å². The van der Waals surface area contributed by atoms with Crippen LogP contribution in [0.25, 0.3) is 0 Å². The van der Waals surface area contributed by atoms with E-state index in [1.165, 1.54) is 0 Å². The molecule has 1 aliphatic heterocycles. The molecule has 0 spiro atoms. The molecule has 5 rings (SSSR count). The predicted molar refractivity (Wildman–Crippen MR) is 180 cm³/mol. The molecule has 5 fully saturated rings. The van der Waals surface area contributed by atoms with Crippen LogP contribution in [0.3, 0.4) is 0 Å². The second-order valence-corrected chi connectivity index (χ2v) is 19.0. The number of hydrogen-bond donors (Lipinski definition) is 7. The zero-order chi connectivity index (χ0) is 36.7. The van der Waals surface area contributed by atoms with Gasteiger partial charge in [-0.2, -0.15) is 8.42 Å². The first kappa shape index (κ1) is 39.5. The normalized spacial score (nSPS) is 49.3. The summed E-state index contributed by atoms with van der Waals surface area (Å²) in [5, 5.41) is 65.3. The Hall–Kier alpha value is -0.710. The van der Waals surface area contributed by atoms with Gasteiger partial charge in [0, 0.05) is 0 Å². The van der Waals surface area contributed by atoms with Gasteiger partial charge in [-0.15, -0.1) is 0 Å². The summed E-state index contributed by atoms with van der Waals surface area (Å²) < 4.78 is 52.6. The van der Waals surface area contributed by atoms with Crippen molar-refractivity contribution in [2.24, 2.45) is 45.3 Å². The second kappa shape index (κ2) is 13.3. The quantitative estimate of drug-likeness (QED) is 0.104. The van der Waals surface area contributed by atoms with Crippen LogP contribution in [0, 0.1) is 45.3 Å². The Labute approximate surface area is 292 Å². The molecule has 0 aromatic rings. The van der Waals surface area contributed by atoms with Crippen LogP contribution >= 0.6 is 0 Å². The molecule has 284 valence electrons. The molecule has 49 heavy (non-hydrogen) atoms. The lowest BCUT2D eigenvalue weighted by Gasteiger charge is -2.71. The molecule has 12 nitrogen and oxygen atoms in total. The molecule has 4 saturated carbocycles. The Balaban J connectivity index is 1.49. The summed E-state index contributed by atoms with van der Waals surface area (Å²) in [5.41, 5.74) is -2.17. The van der Waals surface area contributed by atoms with Crippen molar-refractivity contribution in [2.45, 2.75) is 161 Å². The summed E-state index contributed by atoms with van der Waals surface area (Å²) in [5.74, 6) is -1.13. The number of aliphatic hydroxyl groups excluding tert-OH is 5. The smallest absolute Gasteiger partial charge is 0.394 e. The Kier molecular flexibility index (Phi) is 10.7. The van der Waals surface area contributed by atoms with Crippen molar-refractivity contribution in [3.8, 4) is 0 Å².